The third kappa shape index (κ3) is 7.70. The first-order valence-electron chi connectivity index (χ1n) is 21.2. The number of terminal acetylenes is 1. The fraction of sp³-hybridized carbons (Fsp3) is 0.286. The van der Waals surface area contributed by atoms with Crippen LogP contribution in [-0.4, -0.2) is 19.9 Å². The summed E-state index contributed by atoms with van der Waals surface area (Å²) in [6.07, 6.45) is 14.9. The van der Waals surface area contributed by atoms with Gasteiger partial charge in [-0.3, -0.25) is 0 Å². The van der Waals surface area contributed by atoms with Crippen molar-refractivity contribution >= 4 is 46.4 Å². The maximum absolute atomic E-state index is 6.41. The van der Waals surface area contributed by atoms with Crippen molar-refractivity contribution in [3.63, 3.8) is 0 Å². The van der Waals surface area contributed by atoms with Crippen molar-refractivity contribution in [1.82, 2.24) is 19.9 Å². The fourth-order valence-electron chi connectivity index (χ4n) is 8.15. The van der Waals surface area contributed by atoms with Crippen molar-refractivity contribution in [2.75, 3.05) is 0 Å². The van der Waals surface area contributed by atoms with Crippen LogP contribution in [-0.2, 0) is 21.7 Å². The summed E-state index contributed by atoms with van der Waals surface area (Å²) in [7, 11) is 0. The maximum Gasteiger partial charge on any atom is 0.0815 e. The lowest BCUT2D eigenvalue weighted by molar-refractivity contribution is 0.568. The maximum atomic E-state index is 6.41. The molecule has 0 aliphatic carbocycles. The molecule has 6 aromatic rings. The number of H-pyrrole nitrogens is 2. The van der Waals surface area contributed by atoms with E-state index in [1.807, 2.05) is 0 Å². The number of aromatic nitrogens is 4. The van der Waals surface area contributed by atoms with Crippen LogP contribution in [0.5, 0.6) is 0 Å². The van der Waals surface area contributed by atoms with Crippen molar-refractivity contribution in [2.45, 2.75) is 105 Å². The molecule has 302 valence electrons. The van der Waals surface area contributed by atoms with Crippen LogP contribution >= 0.6 is 0 Å². The Morgan fingerprint density at radius 1 is 0.400 bits per heavy atom. The lowest BCUT2D eigenvalue weighted by Crippen LogP contribution is -2.16. The highest BCUT2D eigenvalue weighted by Gasteiger charge is 2.25. The summed E-state index contributed by atoms with van der Waals surface area (Å²) >= 11 is 0. The summed E-state index contributed by atoms with van der Waals surface area (Å²) in [5.74, 6) is 3.02. The van der Waals surface area contributed by atoms with Crippen LogP contribution in [0, 0.1) is 12.3 Å². The molecule has 2 aliphatic heterocycles. The zero-order valence-electron chi connectivity index (χ0n) is 37.4. The molecule has 8 bridgehead atoms. The molecule has 3 aromatic carbocycles. The Morgan fingerprint density at radius 3 is 1.12 bits per heavy atom. The van der Waals surface area contributed by atoms with Gasteiger partial charge in [-0.15, -0.1) is 6.42 Å². The quantitative estimate of drug-likeness (QED) is 0.175. The van der Waals surface area contributed by atoms with Crippen molar-refractivity contribution in [1.29, 1.82) is 0 Å². The lowest BCUT2D eigenvalue weighted by atomic mass is 9.78. The van der Waals surface area contributed by atoms with Crippen molar-refractivity contribution in [3.05, 3.63) is 142 Å². The predicted octanol–water partition coefficient (Wildman–Crippen LogP) is 14.8. The predicted molar refractivity (Wildman–Crippen MR) is 258 cm³/mol. The largest absolute Gasteiger partial charge is 0.354 e. The van der Waals surface area contributed by atoms with E-state index >= 15 is 0 Å². The van der Waals surface area contributed by atoms with Crippen molar-refractivity contribution < 1.29 is 0 Å². The highest BCUT2D eigenvalue weighted by Crippen LogP contribution is 2.41. The second-order valence-electron chi connectivity index (χ2n) is 20.6. The van der Waals surface area contributed by atoms with Crippen LogP contribution in [0.4, 0.5) is 0 Å². The minimum atomic E-state index is -0.0657. The molecule has 0 atom stereocenters. The molecule has 60 heavy (non-hydrogen) atoms. The van der Waals surface area contributed by atoms with Crippen LogP contribution in [0.1, 0.15) is 134 Å². The average molecular weight is 787 g/mol. The van der Waals surface area contributed by atoms with Gasteiger partial charge in [0.25, 0.3) is 0 Å². The molecule has 0 spiro atoms. The SMILES string of the molecule is C#Cc1c2nc(c(-c3cc(C(C)(C)C)cc(C(C)(C)C)c3)c3ccc([nH]3)c(-c3ccccc3)c3nc(c(-c4cc(C(C)(C)C)cc(C(C)(C)C)c4)c4ccc1[nH]4)C=C3)C=C2. The first kappa shape index (κ1) is 40.6. The van der Waals surface area contributed by atoms with E-state index in [0.717, 1.165) is 78.2 Å². The Balaban J connectivity index is 1.56. The van der Waals surface area contributed by atoms with E-state index in [1.54, 1.807) is 0 Å². The van der Waals surface area contributed by atoms with Gasteiger partial charge in [-0.2, -0.15) is 0 Å². The van der Waals surface area contributed by atoms with Gasteiger partial charge in [-0.05, 0) is 109 Å². The molecule has 0 radical (unpaired) electrons. The van der Waals surface area contributed by atoms with E-state index in [1.165, 1.54) is 22.3 Å². The highest BCUT2D eigenvalue weighted by molar-refractivity contribution is 5.98. The molecule has 0 unspecified atom stereocenters. The summed E-state index contributed by atoms with van der Waals surface area (Å²) in [6, 6.07) is 33.3. The van der Waals surface area contributed by atoms with Crippen LogP contribution < -0.4 is 0 Å². The van der Waals surface area contributed by atoms with Gasteiger partial charge >= 0.3 is 0 Å². The Hall–Kier alpha value is -6.18. The van der Waals surface area contributed by atoms with E-state index in [9.17, 15) is 0 Å². The van der Waals surface area contributed by atoms with E-state index in [2.05, 4.69) is 214 Å². The van der Waals surface area contributed by atoms with Crippen LogP contribution in [0.25, 0.3) is 79.8 Å². The topological polar surface area (TPSA) is 57.4 Å². The average Bonchev–Trinajstić information content (AvgIpc) is 4.02. The summed E-state index contributed by atoms with van der Waals surface area (Å²) in [4.78, 5) is 18.6. The number of rotatable bonds is 3. The Labute approximate surface area is 357 Å². The van der Waals surface area contributed by atoms with E-state index in [-0.39, 0.29) is 21.7 Å². The molecule has 5 heterocycles. The van der Waals surface area contributed by atoms with Gasteiger partial charge in [0.15, 0.2) is 0 Å². The van der Waals surface area contributed by atoms with Crippen molar-refractivity contribution in [3.8, 4) is 45.7 Å². The molecule has 0 fully saturated rings. The van der Waals surface area contributed by atoms with Gasteiger partial charge in [0, 0.05) is 33.2 Å². The zero-order chi connectivity index (χ0) is 42.9. The first-order valence-corrected chi connectivity index (χ1v) is 21.2. The highest BCUT2D eigenvalue weighted by atomic mass is 14.8. The normalized spacial score (nSPS) is 13.2. The van der Waals surface area contributed by atoms with Crippen LogP contribution in [0.3, 0.4) is 0 Å². The third-order valence-electron chi connectivity index (χ3n) is 11.9. The molecule has 2 N–H and O–H groups in total. The molecule has 3 aromatic heterocycles. The molecule has 8 rings (SSSR count). The first-order chi connectivity index (χ1) is 28.2. The number of hydrogen-bond acceptors (Lipinski definition) is 2. The van der Waals surface area contributed by atoms with E-state index in [0.29, 0.717) is 5.56 Å². The fourth-order valence-corrected chi connectivity index (χ4v) is 8.15. The summed E-state index contributed by atoms with van der Waals surface area (Å²) < 4.78 is 0. The second-order valence-corrected chi connectivity index (χ2v) is 20.6. The number of benzene rings is 3. The number of nitrogens with zero attached hydrogens (tertiary/aromatic N) is 2. The molecular formula is C56H58N4. The van der Waals surface area contributed by atoms with Gasteiger partial charge in [0.05, 0.1) is 33.9 Å². The summed E-state index contributed by atoms with van der Waals surface area (Å²) in [5, 5.41) is 0. The Morgan fingerprint density at radius 2 is 0.733 bits per heavy atom. The molecule has 0 amide bonds. The second kappa shape index (κ2) is 14.5. The number of hydrogen-bond donors (Lipinski definition) is 2. The van der Waals surface area contributed by atoms with Crippen LogP contribution in [0.15, 0.2) is 91.0 Å². The van der Waals surface area contributed by atoms with E-state index < -0.39 is 0 Å². The van der Waals surface area contributed by atoms with Crippen molar-refractivity contribution in [2.24, 2.45) is 0 Å². The number of fused-ring (bicyclic) bond motifs is 8. The van der Waals surface area contributed by atoms with Gasteiger partial charge in [-0.1, -0.05) is 156 Å². The number of nitrogens with one attached hydrogen (secondary N) is 2. The summed E-state index contributed by atoms with van der Waals surface area (Å²) in [5.41, 5.74) is 19.0. The van der Waals surface area contributed by atoms with Gasteiger partial charge in [0.2, 0.25) is 0 Å². The van der Waals surface area contributed by atoms with Gasteiger partial charge in [-0.25, -0.2) is 9.97 Å². The lowest BCUT2D eigenvalue weighted by Gasteiger charge is -2.26. The molecule has 2 aliphatic rings. The smallest absolute Gasteiger partial charge is 0.0815 e. The monoisotopic (exact) mass is 786 g/mol. The minimum absolute atomic E-state index is 0.0657. The molecule has 0 saturated heterocycles. The molecule has 0 saturated carbocycles. The number of aromatic amines is 2. The molecule has 4 heteroatoms. The molecule has 4 nitrogen and oxygen atoms in total. The Kier molecular flexibility index (Phi) is 9.83. The summed E-state index contributed by atoms with van der Waals surface area (Å²) in [6.45, 7) is 27.4. The zero-order valence-corrected chi connectivity index (χ0v) is 37.4. The van der Waals surface area contributed by atoms with E-state index in [4.69, 9.17) is 16.4 Å². The van der Waals surface area contributed by atoms with Gasteiger partial charge in [0.1, 0.15) is 0 Å². The standard InChI is InChI=1S/C56H58N4/c1-14-41-42-20-22-46(57-42)51(35-28-37(53(2,3)4)32-38(29-35)54(5,6)7)48-26-24-44(59-48)50(34-18-16-15-17-19-34)45-25-27-49(60-45)52(47-23-21-43(41)58-47)36-30-39(55(8,9)10)33-40(31-36)56(11,12)13/h1,15-33,57,60H,2-13H3. The van der Waals surface area contributed by atoms with Crippen LogP contribution in [0.2, 0.25) is 0 Å². The molecular weight excluding hydrogens is 729 g/mol. The van der Waals surface area contributed by atoms with Gasteiger partial charge < -0.3 is 9.97 Å². The third-order valence-corrected chi connectivity index (χ3v) is 11.9. The Bertz CT molecular complexity index is 2810. The minimum Gasteiger partial charge on any atom is -0.354 e.